The zero-order valence-corrected chi connectivity index (χ0v) is 17.5. The second kappa shape index (κ2) is 10.1. The lowest BCUT2D eigenvalue weighted by molar-refractivity contribution is 0.144. The van der Waals surface area contributed by atoms with E-state index in [1.54, 1.807) is 0 Å². The highest BCUT2D eigenvalue weighted by Gasteiger charge is 2.28. The number of aliphatic hydroxyl groups excluding tert-OH is 1. The fourth-order valence-corrected chi connectivity index (χ4v) is 4.17. The molecule has 3 aromatic carbocycles. The van der Waals surface area contributed by atoms with Gasteiger partial charge in [-0.1, -0.05) is 84.9 Å². The van der Waals surface area contributed by atoms with Gasteiger partial charge in [0.15, 0.2) is 0 Å². The maximum atomic E-state index is 12.2. The zero-order valence-electron chi connectivity index (χ0n) is 17.5. The summed E-state index contributed by atoms with van der Waals surface area (Å²) in [6.45, 7) is 0.889. The molecule has 4 heteroatoms. The minimum atomic E-state index is -0.417. The van der Waals surface area contributed by atoms with Crippen molar-refractivity contribution in [2.45, 2.75) is 18.8 Å². The van der Waals surface area contributed by atoms with Gasteiger partial charge >= 0.3 is 6.09 Å². The maximum Gasteiger partial charge on any atom is 0.407 e. The molecule has 0 unspecified atom stereocenters. The quantitative estimate of drug-likeness (QED) is 0.536. The van der Waals surface area contributed by atoms with Crippen LogP contribution < -0.4 is 5.32 Å². The van der Waals surface area contributed by atoms with Crippen LogP contribution >= 0.6 is 0 Å². The highest BCUT2D eigenvalue weighted by atomic mass is 16.5. The van der Waals surface area contributed by atoms with Gasteiger partial charge in [-0.15, -0.1) is 0 Å². The molecule has 0 saturated heterocycles. The van der Waals surface area contributed by atoms with E-state index in [-0.39, 0.29) is 12.5 Å². The molecular weight excluding hydrogens is 386 g/mol. The molecule has 0 aromatic heterocycles. The van der Waals surface area contributed by atoms with E-state index in [1.807, 2.05) is 54.6 Å². The van der Waals surface area contributed by atoms with E-state index in [9.17, 15) is 4.79 Å². The van der Waals surface area contributed by atoms with Crippen LogP contribution in [-0.2, 0) is 11.2 Å². The molecule has 1 aliphatic carbocycles. The average Bonchev–Trinajstić information content (AvgIpc) is 3.13. The molecule has 0 spiro atoms. The Morgan fingerprint density at radius 1 is 0.935 bits per heavy atom. The largest absolute Gasteiger partial charge is 0.449 e. The number of carbonyl (C=O) groups is 1. The fraction of sp³-hybridized carbons (Fsp3) is 0.222. The predicted octanol–water partition coefficient (Wildman–Crippen LogP) is 5.16. The molecule has 2 N–H and O–H groups in total. The number of alkyl carbamates (subject to hydrolysis) is 1. The van der Waals surface area contributed by atoms with Crippen molar-refractivity contribution in [3.8, 4) is 11.1 Å². The Kier molecular flexibility index (Phi) is 6.80. The summed E-state index contributed by atoms with van der Waals surface area (Å²) in [5.41, 5.74) is 7.14. The van der Waals surface area contributed by atoms with Gasteiger partial charge < -0.3 is 15.2 Å². The van der Waals surface area contributed by atoms with E-state index in [4.69, 9.17) is 9.84 Å². The minimum Gasteiger partial charge on any atom is -0.449 e. The fourth-order valence-electron chi connectivity index (χ4n) is 4.17. The van der Waals surface area contributed by atoms with Crippen LogP contribution in [0.5, 0.6) is 0 Å². The van der Waals surface area contributed by atoms with Crippen LogP contribution in [0.25, 0.3) is 17.2 Å². The van der Waals surface area contributed by atoms with Crippen LogP contribution in [0.1, 0.15) is 34.6 Å². The summed E-state index contributed by atoms with van der Waals surface area (Å²) in [6.07, 6.45) is 5.06. The van der Waals surface area contributed by atoms with Gasteiger partial charge in [0.05, 0.1) is 0 Å². The Hall–Kier alpha value is -3.37. The first-order chi connectivity index (χ1) is 15.3. The van der Waals surface area contributed by atoms with Gasteiger partial charge in [0, 0.05) is 19.1 Å². The first-order valence-corrected chi connectivity index (χ1v) is 10.7. The van der Waals surface area contributed by atoms with Crippen molar-refractivity contribution in [1.29, 1.82) is 0 Å². The normalized spacial score (nSPS) is 12.5. The second-order valence-electron chi connectivity index (χ2n) is 7.63. The van der Waals surface area contributed by atoms with Crippen molar-refractivity contribution >= 4 is 12.2 Å². The van der Waals surface area contributed by atoms with Gasteiger partial charge in [-0.25, -0.2) is 4.79 Å². The van der Waals surface area contributed by atoms with Crippen LogP contribution in [0.2, 0.25) is 0 Å². The smallest absolute Gasteiger partial charge is 0.407 e. The summed E-state index contributed by atoms with van der Waals surface area (Å²) in [4.78, 5) is 12.2. The average molecular weight is 414 g/mol. The number of amides is 1. The van der Waals surface area contributed by atoms with E-state index in [0.717, 1.165) is 18.4 Å². The topological polar surface area (TPSA) is 58.6 Å². The van der Waals surface area contributed by atoms with E-state index in [2.05, 4.69) is 35.6 Å². The van der Waals surface area contributed by atoms with Gasteiger partial charge in [0.2, 0.25) is 0 Å². The van der Waals surface area contributed by atoms with Crippen LogP contribution in [0.3, 0.4) is 0 Å². The molecule has 158 valence electrons. The van der Waals surface area contributed by atoms with E-state index in [1.165, 1.54) is 27.8 Å². The third-order valence-corrected chi connectivity index (χ3v) is 5.66. The van der Waals surface area contributed by atoms with Gasteiger partial charge in [-0.2, -0.15) is 0 Å². The number of hydrogen-bond acceptors (Lipinski definition) is 3. The van der Waals surface area contributed by atoms with Gasteiger partial charge in [0.1, 0.15) is 6.61 Å². The Balaban J connectivity index is 1.31. The lowest BCUT2D eigenvalue weighted by Gasteiger charge is -2.14. The number of benzene rings is 3. The van der Waals surface area contributed by atoms with Gasteiger partial charge in [-0.05, 0) is 46.2 Å². The minimum absolute atomic E-state index is 0.0621. The Morgan fingerprint density at radius 2 is 1.58 bits per heavy atom. The first kappa shape index (κ1) is 20.9. The molecule has 4 rings (SSSR count). The molecule has 1 amide bonds. The van der Waals surface area contributed by atoms with Gasteiger partial charge in [-0.3, -0.25) is 0 Å². The molecular formula is C27H27NO3. The van der Waals surface area contributed by atoms with E-state index >= 15 is 0 Å². The lowest BCUT2D eigenvalue weighted by Crippen LogP contribution is -2.26. The number of hydrogen-bond donors (Lipinski definition) is 2. The number of aryl methyl sites for hydroxylation is 1. The molecule has 0 saturated carbocycles. The predicted molar refractivity (Wildman–Crippen MR) is 124 cm³/mol. The van der Waals surface area contributed by atoms with Crippen molar-refractivity contribution in [3.63, 3.8) is 0 Å². The van der Waals surface area contributed by atoms with Crippen molar-refractivity contribution in [2.24, 2.45) is 0 Å². The highest BCUT2D eigenvalue weighted by molar-refractivity contribution is 5.79. The Labute approximate surface area is 183 Å². The molecule has 4 nitrogen and oxygen atoms in total. The molecule has 31 heavy (non-hydrogen) atoms. The summed E-state index contributed by atoms with van der Waals surface area (Å²) >= 11 is 0. The van der Waals surface area contributed by atoms with Crippen LogP contribution in [0, 0.1) is 0 Å². The van der Waals surface area contributed by atoms with Crippen LogP contribution in [0.4, 0.5) is 4.79 Å². The standard InChI is InChI=1S/C27H27NO3/c29-18-8-12-21-10-2-1-9-20(21)11-7-17-28-27(30)31-19-26-24-15-5-3-13-22(24)23-14-4-6-16-25(23)26/h1-7,9-11,13-16,26,29H,8,12,17-19H2,(H,28,30). The Bertz CT molecular complexity index is 1030. The second-order valence-corrected chi connectivity index (χ2v) is 7.63. The number of ether oxygens (including phenoxy) is 1. The zero-order chi connectivity index (χ0) is 21.5. The van der Waals surface area contributed by atoms with Crippen molar-refractivity contribution < 1.29 is 14.6 Å². The van der Waals surface area contributed by atoms with Crippen LogP contribution in [-0.4, -0.2) is 31.0 Å². The summed E-state index contributed by atoms with van der Waals surface area (Å²) in [5, 5.41) is 11.9. The Morgan fingerprint density at radius 3 is 2.29 bits per heavy atom. The molecule has 0 radical (unpaired) electrons. The van der Waals surface area contributed by atoms with Crippen molar-refractivity contribution in [2.75, 3.05) is 19.8 Å². The van der Waals surface area contributed by atoms with Gasteiger partial charge in [0.25, 0.3) is 0 Å². The summed E-state index contributed by atoms with van der Waals surface area (Å²) in [7, 11) is 0. The SMILES string of the molecule is O=C(NCC=Cc1ccccc1CCCO)OCC1c2ccccc2-c2ccccc21. The van der Waals surface area contributed by atoms with Crippen molar-refractivity contribution in [1.82, 2.24) is 5.32 Å². The van der Waals surface area contributed by atoms with E-state index in [0.29, 0.717) is 13.2 Å². The van der Waals surface area contributed by atoms with E-state index < -0.39 is 6.09 Å². The molecule has 0 aliphatic heterocycles. The summed E-state index contributed by atoms with van der Waals surface area (Å²) in [5.74, 6) is 0.0621. The molecule has 0 atom stereocenters. The lowest BCUT2D eigenvalue weighted by atomic mass is 9.98. The molecule has 0 fully saturated rings. The number of rotatable bonds is 8. The van der Waals surface area contributed by atoms with Crippen LogP contribution in [0.15, 0.2) is 78.9 Å². The number of nitrogens with one attached hydrogen (secondary N) is 1. The maximum absolute atomic E-state index is 12.2. The molecule has 0 heterocycles. The monoisotopic (exact) mass is 413 g/mol. The number of fused-ring (bicyclic) bond motifs is 3. The number of aliphatic hydroxyl groups is 1. The molecule has 1 aliphatic rings. The third-order valence-electron chi connectivity index (χ3n) is 5.66. The third kappa shape index (κ3) is 4.86. The number of carbonyl (C=O) groups excluding carboxylic acids is 1. The summed E-state index contributed by atoms with van der Waals surface area (Å²) in [6, 6.07) is 24.7. The molecule has 3 aromatic rings. The molecule has 0 bridgehead atoms. The highest BCUT2D eigenvalue weighted by Crippen LogP contribution is 2.44. The summed E-state index contributed by atoms with van der Waals surface area (Å²) < 4.78 is 5.56. The van der Waals surface area contributed by atoms with Crippen molar-refractivity contribution in [3.05, 3.63) is 101 Å². The first-order valence-electron chi connectivity index (χ1n) is 10.7.